The molecule has 0 bridgehead atoms. The van der Waals surface area contributed by atoms with Gasteiger partial charge in [0, 0.05) is 0 Å². The maximum absolute atomic E-state index is 12.0. The summed E-state index contributed by atoms with van der Waals surface area (Å²) in [6.45, 7) is 12.3. The van der Waals surface area contributed by atoms with Gasteiger partial charge in [0.05, 0.1) is 13.1 Å². The fourth-order valence-corrected chi connectivity index (χ4v) is 2.49. The third-order valence-corrected chi connectivity index (χ3v) is 3.67. The van der Waals surface area contributed by atoms with E-state index in [1.165, 1.54) is 0 Å². The van der Waals surface area contributed by atoms with Gasteiger partial charge in [-0.3, -0.25) is 19.4 Å². The highest BCUT2D eigenvalue weighted by molar-refractivity contribution is 5.87. The van der Waals surface area contributed by atoms with Crippen molar-refractivity contribution in [3.05, 3.63) is 0 Å². The predicted octanol–water partition coefficient (Wildman–Crippen LogP) is 3.08. The first-order valence-corrected chi connectivity index (χ1v) is 9.25. The van der Waals surface area contributed by atoms with E-state index in [-0.39, 0.29) is 13.1 Å². The molecule has 0 aliphatic carbocycles. The van der Waals surface area contributed by atoms with Crippen LogP contribution in [0.15, 0.2) is 0 Å². The van der Waals surface area contributed by atoms with Gasteiger partial charge < -0.3 is 4.74 Å². The van der Waals surface area contributed by atoms with Crippen molar-refractivity contribution < 1.29 is 14.3 Å². The average Bonchev–Trinajstić information content (AvgIpc) is 2.50. The van der Waals surface area contributed by atoms with E-state index in [1.807, 2.05) is 0 Å². The van der Waals surface area contributed by atoms with Crippen LogP contribution in [0, 0.1) is 0 Å². The zero-order valence-corrected chi connectivity index (χ0v) is 15.6. The Morgan fingerprint density at radius 1 is 0.652 bits per heavy atom. The van der Waals surface area contributed by atoms with E-state index in [9.17, 15) is 9.59 Å². The van der Waals surface area contributed by atoms with Gasteiger partial charge in [-0.2, -0.15) is 0 Å². The van der Waals surface area contributed by atoms with E-state index in [2.05, 4.69) is 37.5 Å². The number of carbonyl (C=O) groups is 2. The second-order valence-corrected chi connectivity index (χ2v) is 6.11. The number of hydrogen-bond donors (Lipinski definition) is 0. The smallest absolute Gasteiger partial charge is 0.327 e. The second kappa shape index (κ2) is 14.6. The van der Waals surface area contributed by atoms with Crippen molar-refractivity contribution in [1.82, 2.24) is 9.80 Å². The van der Waals surface area contributed by atoms with Gasteiger partial charge in [-0.1, -0.05) is 40.5 Å². The molecule has 0 fully saturated rings. The summed E-state index contributed by atoms with van der Waals surface area (Å²) in [5.41, 5.74) is 0. The van der Waals surface area contributed by atoms with Gasteiger partial charge in [0.1, 0.15) is 0 Å². The van der Waals surface area contributed by atoms with Crippen LogP contribution in [0.4, 0.5) is 0 Å². The first kappa shape index (κ1) is 22.1. The number of ether oxygens (including phenoxy) is 1. The van der Waals surface area contributed by atoms with Crippen molar-refractivity contribution in [2.24, 2.45) is 0 Å². The Hall–Kier alpha value is -0.940. The highest BCUT2D eigenvalue weighted by Gasteiger charge is 2.17. The molecule has 0 saturated heterocycles. The first-order valence-electron chi connectivity index (χ1n) is 9.25. The minimum absolute atomic E-state index is 0.211. The van der Waals surface area contributed by atoms with Crippen molar-refractivity contribution in [2.75, 3.05) is 39.3 Å². The topological polar surface area (TPSA) is 49.9 Å². The minimum atomic E-state index is -0.425. The highest BCUT2D eigenvalue weighted by Crippen LogP contribution is 2.00. The van der Waals surface area contributed by atoms with Crippen LogP contribution in [-0.2, 0) is 14.3 Å². The summed E-state index contributed by atoms with van der Waals surface area (Å²) in [6.07, 6.45) is 6.29. The van der Waals surface area contributed by atoms with Crippen LogP contribution >= 0.6 is 0 Å². The van der Waals surface area contributed by atoms with Gasteiger partial charge >= 0.3 is 11.9 Å². The van der Waals surface area contributed by atoms with E-state index in [4.69, 9.17) is 4.74 Å². The van der Waals surface area contributed by atoms with Crippen molar-refractivity contribution >= 4 is 11.9 Å². The molecule has 136 valence electrons. The molecular formula is C18H36N2O3. The molecule has 0 rings (SSSR count). The third-order valence-electron chi connectivity index (χ3n) is 3.67. The van der Waals surface area contributed by atoms with Crippen molar-refractivity contribution in [1.29, 1.82) is 0 Å². The number of carbonyl (C=O) groups excluding carboxylic acids is 2. The molecule has 0 heterocycles. The Bertz CT molecular complexity index is 291. The van der Waals surface area contributed by atoms with E-state index >= 15 is 0 Å². The number of rotatable bonds is 14. The van der Waals surface area contributed by atoms with Crippen LogP contribution in [0.3, 0.4) is 0 Å². The SMILES string of the molecule is CCCCN(CCC)CC(=O)OC(=O)CN(CCC)CCCC. The molecule has 0 atom stereocenters. The maximum atomic E-state index is 12.0. The van der Waals surface area contributed by atoms with E-state index in [0.29, 0.717) is 0 Å². The van der Waals surface area contributed by atoms with Gasteiger partial charge in [-0.25, -0.2) is 0 Å². The summed E-state index contributed by atoms with van der Waals surface area (Å²) in [5.74, 6) is -0.849. The van der Waals surface area contributed by atoms with Gasteiger partial charge in [0.2, 0.25) is 0 Å². The molecule has 0 aromatic rings. The van der Waals surface area contributed by atoms with Crippen LogP contribution < -0.4 is 0 Å². The Balaban J connectivity index is 4.25. The normalized spacial score (nSPS) is 11.2. The molecule has 0 spiro atoms. The lowest BCUT2D eigenvalue weighted by molar-refractivity contribution is -0.161. The molecule has 0 amide bonds. The summed E-state index contributed by atoms with van der Waals surface area (Å²) in [7, 11) is 0. The molecule has 5 nitrogen and oxygen atoms in total. The van der Waals surface area contributed by atoms with Crippen LogP contribution in [0.25, 0.3) is 0 Å². The van der Waals surface area contributed by atoms with Crippen LogP contribution in [-0.4, -0.2) is 61.0 Å². The average molecular weight is 328 g/mol. The number of unbranched alkanes of at least 4 members (excludes halogenated alkanes) is 2. The number of esters is 2. The zero-order chi connectivity index (χ0) is 17.5. The third kappa shape index (κ3) is 12.2. The summed E-state index contributed by atoms with van der Waals surface area (Å²) < 4.78 is 5.00. The maximum Gasteiger partial charge on any atom is 0.327 e. The summed E-state index contributed by atoms with van der Waals surface area (Å²) in [4.78, 5) is 28.0. The monoisotopic (exact) mass is 328 g/mol. The van der Waals surface area contributed by atoms with Crippen LogP contribution in [0.5, 0.6) is 0 Å². The summed E-state index contributed by atoms with van der Waals surface area (Å²) in [6, 6.07) is 0. The van der Waals surface area contributed by atoms with E-state index in [0.717, 1.165) is 64.7 Å². The lowest BCUT2D eigenvalue weighted by atomic mass is 10.3. The molecule has 0 aliphatic heterocycles. The quantitative estimate of drug-likeness (QED) is 0.362. The van der Waals surface area contributed by atoms with Crippen molar-refractivity contribution in [3.8, 4) is 0 Å². The van der Waals surface area contributed by atoms with Gasteiger partial charge in [0.15, 0.2) is 0 Å². The van der Waals surface area contributed by atoms with Gasteiger partial charge in [-0.05, 0) is 51.9 Å². The molecule has 5 heteroatoms. The molecule has 0 aliphatic rings. The van der Waals surface area contributed by atoms with E-state index in [1.54, 1.807) is 0 Å². The summed E-state index contributed by atoms with van der Waals surface area (Å²) in [5, 5.41) is 0. The molecule has 0 aromatic carbocycles. The molecule has 0 saturated carbocycles. The van der Waals surface area contributed by atoms with E-state index < -0.39 is 11.9 Å². The lowest BCUT2D eigenvalue weighted by Crippen LogP contribution is -2.37. The standard InChI is InChI=1S/C18H36N2O3/c1-5-9-13-19(11-7-3)15-17(21)23-18(22)16-20(12-8-4)14-10-6-2/h5-16H2,1-4H3. The molecule has 0 aromatic heterocycles. The number of nitrogens with zero attached hydrogens (tertiary/aromatic N) is 2. The van der Waals surface area contributed by atoms with Crippen molar-refractivity contribution in [2.45, 2.75) is 66.2 Å². The number of hydrogen-bond acceptors (Lipinski definition) is 5. The molecular weight excluding hydrogens is 292 g/mol. The predicted molar refractivity (Wildman–Crippen MR) is 94.4 cm³/mol. The second-order valence-electron chi connectivity index (χ2n) is 6.11. The van der Waals surface area contributed by atoms with Crippen LogP contribution in [0.1, 0.15) is 66.2 Å². The minimum Gasteiger partial charge on any atom is -0.391 e. The largest absolute Gasteiger partial charge is 0.391 e. The molecule has 0 unspecified atom stereocenters. The highest BCUT2D eigenvalue weighted by atomic mass is 16.6. The summed E-state index contributed by atoms with van der Waals surface area (Å²) >= 11 is 0. The Morgan fingerprint density at radius 2 is 1.04 bits per heavy atom. The first-order chi connectivity index (χ1) is 11.1. The molecule has 0 N–H and O–H groups in total. The lowest BCUT2D eigenvalue weighted by Gasteiger charge is -2.21. The fourth-order valence-electron chi connectivity index (χ4n) is 2.49. The van der Waals surface area contributed by atoms with Gasteiger partial charge in [-0.15, -0.1) is 0 Å². The Morgan fingerprint density at radius 3 is 1.35 bits per heavy atom. The zero-order valence-electron chi connectivity index (χ0n) is 15.6. The van der Waals surface area contributed by atoms with Gasteiger partial charge in [0.25, 0.3) is 0 Å². The Kier molecular flexibility index (Phi) is 14.0. The molecule has 23 heavy (non-hydrogen) atoms. The van der Waals surface area contributed by atoms with Crippen LogP contribution in [0.2, 0.25) is 0 Å². The van der Waals surface area contributed by atoms with Crippen molar-refractivity contribution in [3.63, 3.8) is 0 Å². The fraction of sp³-hybridized carbons (Fsp3) is 0.889. The Labute approximate surface area is 142 Å². The molecule has 0 radical (unpaired) electrons.